The summed E-state index contributed by atoms with van der Waals surface area (Å²) in [6, 6.07) is 6.28. The van der Waals surface area contributed by atoms with Crippen molar-refractivity contribution in [2.75, 3.05) is 18.5 Å². The van der Waals surface area contributed by atoms with Gasteiger partial charge in [0, 0.05) is 11.6 Å². The highest BCUT2D eigenvalue weighted by atomic mass is 79.9. The molecule has 1 saturated heterocycles. The number of unbranched alkanes of at least 4 members (excludes halogenated alkanes) is 1. The quantitative estimate of drug-likeness (QED) is 0.256. The number of anilines is 1. The number of fused-ring (bicyclic) bond motifs is 1. The summed E-state index contributed by atoms with van der Waals surface area (Å²) < 4.78 is 15.7. The van der Waals surface area contributed by atoms with Crippen LogP contribution in [-0.4, -0.2) is 48.0 Å². The molecule has 1 aromatic carbocycles. The van der Waals surface area contributed by atoms with Crippen LogP contribution in [0.4, 0.5) is 5.69 Å². The van der Waals surface area contributed by atoms with E-state index in [0.717, 1.165) is 19.3 Å². The third-order valence-electron chi connectivity index (χ3n) is 6.28. The molecular formula is C22H24BrNO7. The molecule has 3 fully saturated rings. The average molecular weight is 494 g/mol. The molecule has 2 saturated carbocycles. The van der Waals surface area contributed by atoms with Crippen molar-refractivity contribution in [1.29, 1.82) is 0 Å². The molecule has 2 aliphatic carbocycles. The molecule has 31 heavy (non-hydrogen) atoms. The van der Waals surface area contributed by atoms with Gasteiger partial charge in [-0.25, -0.2) is 4.79 Å². The Labute approximate surface area is 188 Å². The topological polar surface area (TPSA) is 108 Å². The molecule has 8 nitrogen and oxygen atoms in total. The monoisotopic (exact) mass is 493 g/mol. The van der Waals surface area contributed by atoms with E-state index in [4.69, 9.17) is 14.2 Å². The van der Waals surface area contributed by atoms with Crippen LogP contribution in [0.2, 0.25) is 0 Å². The van der Waals surface area contributed by atoms with Gasteiger partial charge in [0.1, 0.15) is 6.10 Å². The largest absolute Gasteiger partial charge is 0.462 e. The van der Waals surface area contributed by atoms with E-state index in [1.165, 1.54) is 0 Å². The molecular weight excluding hydrogens is 470 g/mol. The molecule has 0 spiro atoms. The highest BCUT2D eigenvalue weighted by molar-refractivity contribution is 9.09. The van der Waals surface area contributed by atoms with E-state index in [9.17, 15) is 19.2 Å². The summed E-state index contributed by atoms with van der Waals surface area (Å²) in [5.74, 6) is -2.83. The first-order valence-corrected chi connectivity index (χ1v) is 11.4. The lowest BCUT2D eigenvalue weighted by atomic mass is 9.80. The second-order valence-electron chi connectivity index (χ2n) is 8.18. The Bertz CT molecular complexity index is 886. The molecule has 166 valence electrons. The van der Waals surface area contributed by atoms with Gasteiger partial charge in [-0.2, -0.15) is 0 Å². The average Bonchev–Trinajstić information content (AvgIpc) is 3.37. The molecule has 1 aromatic rings. The van der Waals surface area contributed by atoms with Gasteiger partial charge in [-0.15, -0.1) is 0 Å². The van der Waals surface area contributed by atoms with E-state index in [1.807, 2.05) is 6.92 Å². The van der Waals surface area contributed by atoms with E-state index in [1.54, 1.807) is 24.3 Å². The summed E-state index contributed by atoms with van der Waals surface area (Å²) in [4.78, 5) is 48.8. The molecule has 3 aliphatic rings. The SMILES string of the molecule is CCCCOC(=O)c1ccc(NC(=O)COC(=O)[C@@H]2[C@H]3C[C@H]4[C@H](OC(=O)[C@H]42)[C@@H]3Br)cc1. The minimum atomic E-state index is -0.577. The minimum Gasteiger partial charge on any atom is -0.462 e. The molecule has 2 bridgehead atoms. The maximum atomic E-state index is 12.6. The summed E-state index contributed by atoms with van der Waals surface area (Å²) >= 11 is 3.55. The lowest BCUT2D eigenvalue weighted by Gasteiger charge is -2.26. The second kappa shape index (κ2) is 8.98. The fourth-order valence-electron chi connectivity index (χ4n) is 4.81. The molecule has 1 amide bonds. The number of ether oxygens (including phenoxy) is 3. The first-order valence-electron chi connectivity index (χ1n) is 10.5. The highest BCUT2D eigenvalue weighted by Gasteiger charge is 2.68. The van der Waals surface area contributed by atoms with Crippen LogP contribution in [0.25, 0.3) is 0 Å². The zero-order valence-electron chi connectivity index (χ0n) is 17.0. The van der Waals surface area contributed by atoms with Gasteiger partial charge in [0.05, 0.1) is 28.8 Å². The Morgan fingerprint density at radius 3 is 2.61 bits per heavy atom. The number of carbonyl (C=O) groups excluding carboxylic acids is 4. The molecule has 1 heterocycles. The number of rotatable bonds is 8. The van der Waals surface area contributed by atoms with Crippen LogP contribution in [0.5, 0.6) is 0 Å². The number of hydrogen-bond acceptors (Lipinski definition) is 7. The van der Waals surface area contributed by atoms with Gasteiger partial charge >= 0.3 is 17.9 Å². The maximum Gasteiger partial charge on any atom is 0.338 e. The van der Waals surface area contributed by atoms with E-state index >= 15 is 0 Å². The van der Waals surface area contributed by atoms with Crippen LogP contribution in [0.3, 0.4) is 0 Å². The standard InChI is InChI=1S/C22H24BrNO7/c1-2-3-8-29-20(26)11-4-6-12(7-5-11)24-15(25)10-30-21(27)16-13-9-14-17(16)22(28)31-19(14)18(13)23/h4-7,13-14,16-19H,2-3,8-10H2,1H3,(H,24,25)/t13-,14-,16-,17-,18-,19+/m1/s1. The van der Waals surface area contributed by atoms with E-state index in [-0.39, 0.29) is 28.7 Å². The first-order chi connectivity index (χ1) is 14.9. The highest BCUT2D eigenvalue weighted by Crippen LogP contribution is 2.60. The van der Waals surface area contributed by atoms with Gasteiger partial charge in [-0.1, -0.05) is 29.3 Å². The zero-order chi connectivity index (χ0) is 22.1. The number of nitrogens with one attached hydrogen (secondary N) is 1. The molecule has 0 aromatic heterocycles. The summed E-state index contributed by atoms with van der Waals surface area (Å²) in [6.45, 7) is 1.93. The molecule has 6 atom stereocenters. The van der Waals surface area contributed by atoms with Gasteiger partial charge in [0.2, 0.25) is 0 Å². The lowest BCUT2D eigenvalue weighted by molar-refractivity contribution is -0.157. The van der Waals surface area contributed by atoms with Gasteiger partial charge in [0.15, 0.2) is 6.61 Å². The molecule has 9 heteroatoms. The van der Waals surface area contributed by atoms with Crippen LogP contribution in [0.15, 0.2) is 24.3 Å². The molecule has 0 radical (unpaired) electrons. The van der Waals surface area contributed by atoms with Crippen LogP contribution in [0.1, 0.15) is 36.5 Å². The van der Waals surface area contributed by atoms with Crippen molar-refractivity contribution in [1.82, 2.24) is 0 Å². The third-order valence-corrected chi connectivity index (χ3v) is 7.48. The van der Waals surface area contributed by atoms with Crippen molar-refractivity contribution < 1.29 is 33.4 Å². The summed E-state index contributed by atoms with van der Waals surface area (Å²) in [5.41, 5.74) is 0.858. The van der Waals surface area contributed by atoms with E-state index < -0.39 is 36.3 Å². The van der Waals surface area contributed by atoms with Crippen molar-refractivity contribution in [3.63, 3.8) is 0 Å². The Balaban J connectivity index is 1.26. The summed E-state index contributed by atoms with van der Waals surface area (Å²) in [6.07, 6.45) is 2.32. The van der Waals surface area contributed by atoms with Crippen LogP contribution < -0.4 is 5.32 Å². The zero-order valence-corrected chi connectivity index (χ0v) is 18.6. The Hall–Kier alpha value is -2.42. The lowest BCUT2D eigenvalue weighted by Crippen LogP contribution is -2.39. The van der Waals surface area contributed by atoms with Crippen LogP contribution in [0, 0.1) is 23.7 Å². The number of benzene rings is 1. The molecule has 1 N–H and O–H groups in total. The van der Waals surface area contributed by atoms with Crippen molar-refractivity contribution >= 4 is 45.4 Å². The Morgan fingerprint density at radius 1 is 1.16 bits per heavy atom. The Morgan fingerprint density at radius 2 is 1.90 bits per heavy atom. The molecule has 1 aliphatic heterocycles. The fraction of sp³-hybridized carbons (Fsp3) is 0.545. The van der Waals surface area contributed by atoms with Crippen molar-refractivity contribution in [3.8, 4) is 0 Å². The summed E-state index contributed by atoms with van der Waals surface area (Å²) in [7, 11) is 0. The Kier molecular flexibility index (Phi) is 6.31. The number of esters is 3. The van der Waals surface area contributed by atoms with Crippen LogP contribution in [-0.2, 0) is 28.6 Å². The fourth-order valence-corrected chi connectivity index (χ4v) is 5.85. The van der Waals surface area contributed by atoms with Gasteiger partial charge in [-0.3, -0.25) is 14.4 Å². The second-order valence-corrected chi connectivity index (χ2v) is 9.24. The smallest absolute Gasteiger partial charge is 0.338 e. The van der Waals surface area contributed by atoms with Crippen molar-refractivity contribution in [2.45, 2.75) is 37.1 Å². The van der Waals surface area contributed by atoms with Gasteiger partial charge in [0.25, 0.3) is 5.91 Å². The number of alkyl halides is 1. The first kappa shape index (κ1) is 21.8. The van der Waals surface area contributed by atoms with Crippen molar-refractivity contribution in [2.24, 2.45) is 23.7 Å². The number of amides is 1. The van der Waals surface area contributed by atoms with Crippen LogP contribution >= 0.6 is 15.9 Å². The number of halogens is 1. The number of carbonyl (C=O) groups is 4. The molecule has 4 rings (SSSR count). The minimum absolute atomic E-state index is 0.0216. The van der Waals surface area contributed by atoms with E-state index in [2.05, 4.69) is 21.2 Å². The third kappa shape index (κ3) is 4.20. The predicted molar refractivity (Wildman–Crippen MR) is 112 cm³/mol. The van der Waals surface area contributed by atoms with Gasteiger partial charge < -0.3 is 19.5 Å². The van der Waals surface area contributed by atoms with Crippen molar-refractivity contribution in [3.05, 3.63) is 29.8 Å². The number of hydrogen-bond donors (Lipinski definition) is 1. The summed E-state index contributed by atoms with van der Waals surface area (Å²) in [5, 5.41) is 2.62. The normalized spacial score (nSPS) is 30.1. The predicted octanol–water partition coefficient (Wildman–Crippen LogP) is 2.70. The maximum absolute atomic E-state index is 12.6. The molecule has 0 unspecified atom stereocenters. The van der Waals surface area contributed by atoms with E-state index in [0.29, 0.717) is 17.9 Å². The van der Waals surface area contributed by atoms with Gasteiger partial charge in [-0.05, 0) is 43.0 Å².